The molecule has 0 saturated carbocycles. The predicted octanol–water partition coefficient (Wildman–Crippen LogP) is 1.85. The minimum absolute atomic E-state index is 0. The first-order valence-electron chi connectivity index (χ1n) is 5.15. The van der Waals surface area contributed by atoms with Crippen molar-refractivity contribution in [3.8, 4) is 0 Å². The van der Waals surface area contributed by atoms with Crippen LogP contribution in [0.1, 0.15) is 12.0 Å². The number of aromatic nitrogens is 1. The summed E-state index contributed by atoms with van der Waals surface area (Å²) in [5.74, 6) is 0. The minimum Gasteiger partial charge on any atom is -0.379 e. The van der Waals surface area contributed by atoms with Gasteiger partial charge < -0.3 is 10.1 Å². The largest absolute Gasteiger partial charge is 0.379 e. The van der Waals surface area contributed by atoms with Gasteiger partial charge in [0.1, 0.15) is 0 Å². The number of halogens is 2. The van der Waals surface area contributed by atoms with Gasteiger partial charge >= 0.3 is 0 Å². The minimum atomic E-state index is 0. The van der Waals surface area contributed by atoms with E-state index in [0.29, 0.717) is 6.04 Å². The van der Waals surface area contributed by atoms with Gasteiger partial charge in [0.05, 0.1) is 13.2 Å². The molecule has 1 saturated heterocycles. The smallest absolute Gasteiger partial charge is 0.0620 e. The van der Waals surface area contributed by atoms with Crippen molar-refractivity contribution in [2.45, 2.75) is 18.9 Å². The molecule has 0 aromatic carbocycles. The molecule has 1 fully saturated rings. The van der Waals surface area contributed by atoms with E-state index in [-0.39, 0.29) is 24.8 Å². The molecule has 92 valence electrons. The number of nitrogens with one attached hydrogen (secondary N) is 1. The molecule has 1 aliphatic rings. The molecule has 0 spiro atoms. The van der Waals surface area contributed by atoms with E-state index in [9.17, 15) is 0 Å². The van der Waals surface area contributed by atoms with Crippen molar-refractivity contribution < 1.29 is 4.74 Å². The topological polar surface area (TPSA) is 34.1 Å². The molecule has 0 amide bonds. The number of hydrogen-bond donors (Lipinski definition) is 1. The summed E-state index contributed by atoms with van der Waals surface area (Å²) in [6.45, 7) is 2.69. The maximum Gasteiger partial charge on any atom is 0.0620 e. The third kappa shape index (κ3) is 5.12. The molecule has 5 heteroatoms. The van der Waals surface area contributed by atoms with Crippen molar-refractivity contribution >= 4 is 24.8 Å². The third-order valence-corrected chi connectivity index (χ3v) is 2.53. The van der Waals surface area contributed by atoms with Crippen molar-refractivity contribution in [2.75, 3.05) is 19.8 Å². The SMILES string of the molecule is Cl.Cl.c1cc(CCC2COCCN2)ccn1. The molecule has 16 heavy (non-hydrogen) atoms. The Labute approximate surface area is 109 Å². The summed E-state index contributed by atoms with van der Waals surface area (Å²) < 4.78 is 5.40. The van der Waals surface area contributed by atoms with Gasteiger partial charge in [-0.15, -0.1) is 24.8 Å². The van der Waals surface area contributed by atoms with Crippen molar-refractivity contribution in [1.82, 2.24) is 10.3 Å². The molecule has 2 heterocycles. The number of pyridine rings is 1. The first kappa shape index (κ1) is 15.7. The predicted molar refractivity (Wildman–Crippen MR) is 69.7 cm³/mol. The van der Waals surface area contributed by atoms with Gasteiger partial charge in [0.15, 0.2) is 0 Å². The average Bonchev–Trinajstić information content (AvgIpc) is 2.29. The van der Waals surface area contributed by atoms with Gasteiger partial charge in [-0.3, -0.25) is 4.98 Å². The summed E-state index contributed by atoms with van der Waals surface area (Å²) in [6, 6.07) is 4.67. The van der Waals surface area contributed by atoms with Crippen LogP contribution in [-0.4, -0.2) is 30.8 Å². The number of hydrogen-bond acceptors (Lipinski definition) is 3. The maximum atomic E-state index is 5.40. The van der Waals surface area contributed by atoms with Crippen LogP contribution in [0, 0.1) is 0 Å². The van der Waals surface area contributed by atoms with Crippen LogP contribution in [0.25, 0.3) is 0 Å². The monoisotopic (exact) mass is 264 g/mol. The lowest BCUT2D eigenvalue weighted by Crippen LogP contribution is -2.41. The highest BCUT2D eigenvalue weighted by Gasteiger charge is 2.12. The second-order valence-corrected chi connectivity index (χ2v) is 3.62. The summed E-state index contributed by atoms with van der Waals surface area (Å²) in [7, 11) is 0. The molecule has 0 radical (unpaired) electrons. The zero-order chi connectivity index (χ0) is 9.64. The van der Waals surface area contributed by atoms with E-state index in [1.165, 1.54) is 5.56 Å². The van der Waals surface area contributed by atoms with Crippen LogP contribution >= 0.6 is 24.8 Å². The number of nitrogens with zero attached hydrogens (tertiary/aromatic N) is 1. The van der Waals surface area contributed by atoms with Gasteiger partial charge in [0, 0.05) is 25.0 Å². The highest BCUT2D eigenvalue weighted by Crippen LogP contribution is 2.05. The number of morpholine rings is 1. The Morgan fingerprint density at radius 2 is 2.06 bits per heavy atom. The summed E-state index contributed by atoms with van der Waals surface area (Å²) in [6.07, 6.45) is 5.94. The van der Waals surface area contributed by atoms with E-state index in [0.717, 1.165) is 32.6 Å². The Hall–Kier alpha value is -0.350. The van der Waals surface area contributed by atoms with E-state index in [2.05, 4.69) is 22.4 Å². The maximum absolute atomic E-state index is 5.40. The van der Waals surface area contributed by atoms with Crippen LogP contribution < -0.4 is 5.32 Å². The molecule has 1 unspecified atom stereocenters. The summed E-state index contributed by atoms with van der Waals surface area (Å²) in [4.78, 5) is 4.00. The van der Waals surface area contributed by atoms with Crippen molar-refractivity contribution in [3.63, 3.8) is 0 Å². The lowest BCUT2D eigenvalue weighted by molar-refractivity contribution is 0.0743. The summed E-state index contributed by atoms with van der Waals surface area (Å²) >= 11 is 0. The second-order valence-electron chi connectivity index (χ2n) is 3.62. The average molecular weight is 265 g/mol. The molecule has 1 aromatic rings. The van der Waals surface area contributed by atoms with E-state index in [1.54, 1.807) is 0 Å². The van der Waals surface area contributed by atoms with E-state index >= 15 is 0 Å². The Morgan fingerprint density at radius 1 is 1.31 bits per heavy atom. The molecule has 1 atom stereocenters. The molecule has 0 aliphatic carbocycles. The molecular weight excluding hydrogens is 247 g/mol. The van der Waals surface area contributed by atoms with Gasteiger partial charge in [-0.25, -0.2) is 0 Å². The fraction of sp³-hybridized carbons (Fsp3) is 0.545. The molecule has 1 aliphatic heterocycles. The lowest BCUT2D eigenvalue weighted by atomic mass is 10.1. The zero-order valence-electron chi connectivity index (χ0n) is 9.09. The lowest BCUT2D eigenvalue weighted by Gasteiger charge is -2.23. The van der Waals surface area contributed by atoms with Gasteiger partial charge in [-0.05, 0) is 30.5 Å². The highest BCUT2D eigenvalue weighted by atomic mass is 35.5. The van der Waals surface area contributed by atoms with E-state index in [1.807, 2.05) is 12.4 Å². The zero-order valence-corrected chi connectivity index (χ0v) is 10.7. The van der Waals surface area contributed by atoms with Gasteiger partial charge in [-0.2, -0.15) is 0 Å². The Morgan fingerprint density at radius 3 is 2.69 bits per heavy atom. The van der Waals surface area contributed by atoms with Gasteiger partial charge in [0.2, 0.25) is 0 Å². The molecule has 1 aromatic heterocycles. The molecule has 1 N–H and O–H groups in total. The number of rotatable bonds is 3. The second kappa shape index (κ2) is 8.76. The first-order chi connectivity index (χ1) is 6.95. The van der Waals surface area contributed by atoms with Crippen LogP contribution in [0.4, 0.5) is 0 Å². The van der Waals surface area contributed by atoms with Crippen molar-refractivity contribution in [1.29, 1.82) is 0 Å². The number of ether oxygens (including phenoxy) is 1. The Kier molecular flexibility index (Phi) is 8.57. The standard InChI is InChI=1S/C11H16N2O.2ClH/c1(10-3-5-12-6-4-10)2-11-9-14-8-7-13-11;;/h3-6,11,13H,1-2,7-9H2;2*1H. The van der Waals surface area contributed by atoms with Crippen molar-refractivity contribution in [2.24, 2.45) is 0 Å². The van der Waals surface area contributed by atoms with E-state index < -0.39 is 0 Å². The van der Waals surface area contributed by atoms with Gasteiger partial charge in [-0.1, -0.05) is 0 Å². The summed E-state index contributed by atoms with van der Waals surface area (Å²) in [5, 5.41) is 3.45. The van der Waals surface area contributed by atoms with Gasteiger partial charge in [0.25, 0.3) is 0 Å². The Bertz CT molecular complexity index is 266. The molecule has 2 rings (SSSR count). The van der Waals surface area contributed by atoms with E-state index in [4.69, 9.17) is 4.74 Å². The van der Waals surface area contributed by atoms with Crippen LogP contribution in [-0.2, 0) is 11.2 Å². The highest BCUT2D eigenvalue weighted by molar-refractivity contribution is 5.85. The first-order valence-corrected chi connectivity index (χ1v) is 5.15. The molecular formula is C11H18Cl2N2O. The summed E-state index contributed by atoms with van der Waals surface area (Å²) in [5.41, 5.74) is 1.35. The fourth-order valence-corrected chi connectivity index (χ4v) is 1.70. The number of aryl methyl sites for hydroxylation is 1. The fourth-order valence-electron chi connectivity index (χ4n) is 1.70. The molecule has 3 nitrogen and oxygen atoms in total. The van der Waals surface area contributed by atoms with Crippen molar-refractivity contribution in [3.05, 3.63) is 30.1 Å². The quantitative estimate of drug-likeness (QED) is 0.905. The van der Waals surface area contributed by atoms with Crippen LogP contribution in [0.2, 0.25) is 0 Å². The van der Waals surface area contributed by atoms with Crippen LogP contribution in [0.15, 0.2) is 24.5 Å². The normalized spacial score (nSPS) is 19.4. The van der Waals surface area contributed by atoms with Crippen LogP contribution in [0.5, 0.6) is 0 Å². The van der Waals surface area contributed by atoms with Crippen LogP contribution in [0.3, 0.4) is 0 Å². The third-order valence-electron chi connectivity index (χ3n) is 2.53. The Balaban J connectivity index is 0.00000112. The molecule has 0 bridgehead atoms.